The van der Waals surface area contributed by atoms with Crippen molar-refractivity contribution in [1.82, 2.24) is 30.3 Å². The van der Waals surface area contributed by atoms with Crippen LogP contribution in [0, 0.1) is 0 Å². The van der Waals surface area contributed by atoms with E-state index in [0.717, 1.165) is 31.6 Å². The van der Waals surface area contributed by atoms with E-state index in [4.69, 9.17) is 0 Å². The van der Waals surface area contributed by atoms with Crippen LogP contribution in [0.15, 0.2) is 11.3 Å². The van der Waals surface area contributed by atoms with Gasteiger partial charge >= 0.3 is 0 Å². The topological polar surface area (TPSA) is 87.4 Å². The molecule has 8 heteroatoms. The average Bonchev–Trinajstić information content (AvgIpc) is 3.07. The van der Waals surface area contributed by atoms with Crippen LogP contribution in [0.1, 0.15) is 44.9 Å². The van der Waals surface area contributed by atoms with E-state index in [1.54, 1.807) is 25.3 Å². The predicted octanol–water partition coefficient (Wildman–Crippen LogP) is 0.797. The summed E-state index contributed by atoms with van der Waals surface area (Å²) in [6, 6.07) is 0.440. The molecule has 2 rings (SSSR count). The maximum Gasteiger partial charge on any atom is 0.243 e. The Balaban J connectivity index is 1.90. The Bertz CT molecular complexity index is 561. The van der Waals surface area contributed by atoms with Crippen molar-refractivity contribution in [2.45, 2.75) is 58.0 Å². The van der Waals surface area contributed by atoms with E-state index in [2.05, 4.69) is 32.7 Å². The van der Waals surface area contributed by atoms with Crippen LogP contribution in [-0.4, -0.2) is 64.8 Å². The monoisotopic (exact) mass is 349 g/mol. The van der Waals surface area contributed by atoms with Crippen LogP contribution < -0.4 is 10.6 Å². The fraction of sp³-hybridized carbons (Fsp3) is 0.765. The number of aryl methyl sites for hydroxylation is 1. The number of nitrogens with one attached hydrogen (secondary N) is 2. The third-order valence-electron chi connectivity index (χ3n) is 4.47. The molecule has 1 fully saturated rings. The van der Waals surface area contributed by atoms with Crippen molar-refractivity contribution in [1.29, 1.82) is 0 Å². The van der Waals surface area contributed by atoms with Gasteiger partial charge in [0.2, 0.25) is 5.91 Å². The summed E-state index contributed by atoms with van der Waals surface area (Å²) < 4.78 is 2.04. The molecule has 1 amide bonds. The second kappa shape index (κ2) is 10.0. The minimum atomic E-state index is -0.00294. The van der Waals surface area contributed by atoms with Crippen molar-refractivity contribution in [3.8, 4) is 0 Å². The number of likely N-dealkylation sites (N-methyl/N-ethyl adjacent to an activating group) is 1. The highest BCUT2D eigenvalue weighted by Gasteiger charge is 2.15. The van der Waals surface area contributed by atoms with Gasteiger partial charge in [0.05, 0.1) is 0 Å². The van der Waals surface area contributed by atoms with Crippen LogP contribution in [0.3, 0.4) is 0 Å². The van der Waals surface area contributed by atoms with Crippen molar-refractivity contribution in [3.63, 3.8) is 0 Å². The number of hydrogen-bond donors (Lipinski definition) is 2. The Morgan fingerprint density at radius 2 is 2.12 bits per heavy atom. The number of guanidine groups is 1. The zero-order valence-electron chi connectivity index (χ0n) is 15.7. The largest absolute Gasteiger partial charge is 0.355 e. The lowest BCUT2D eigenvalue weighted by Gasteiger charge is -2.25. The van der Waals surface area contributed by atoms with E-state index in [1.807, 2.05) is 4.57 Å². The van der Waals surface area contributed by atoms with Crippen molar-refractivity contribution >= 4 is 11.9 Å². The molecule has 25 heavy (non-hydrogen) atoms. The van der Waals surface area contributed by atoms with Gasteiger partial charge in [-0.3, -0.25) is 4.79 Å². The lowest BCUT2D eigenvalue weighted by atomic mass is 9.96. The van der Waals surface area contributed by atoms with Crippen LogP contribution in [0.25, 0.3) is 0 Å². The minimum absolute atomic E-state index is 0.00294. The predicted molar refractivity (Wildman–Crippen MR) is 98.4 cm³/mol. The molecule has 0 atom stereocenters. The SMILES string of the molecule is CCc1nncn1CCNC(=NCC(=O)N(C)C)NC1CCCCC1. The fourth-order valence-electron chi connectivity index (χ4n) is 2.92. The van der Waals surface area contributed by atoms with Gasteiger partial charge in [-0.25, -0.2) is 4.99 Å². The second-order valence-electron chi connectivity index (χ2n) is 6.65. The normalized spacial score (nSPS) is 15.9. The smallest absolute Gasteiger partial charge is 0.243 e. The molecular weight excluding hydrogens is 318 g/mol. The molecule has 8 nitrogen and oxygen atoms in total. The van der Waals surface area contributed by atoms with Gasteiger partial charge in [-0.2, -0.15) is 0 Å². The summed E-state index contributed by atoms with van der Waals surface area (Å²) >= 11 is 0. The molecule has 1 saturated carbocycles. The summed E-state index contributed by atoms with van der Waals surface area (Å²) in [5.41, 5.74) is 0. The van der Waals surface area contributed by atoms with Gasteiger partial charge in [0, 0.05) is 39.6 Å². The van der Waals surface area contributed by atoms with Crippen LogP contribution in [-0.2, 0) is 17.8 Å². The number of rotatable bonds is 7. The molecule has 1 aliphatic rings. The Morgan fingerprint density at radius 3 is 2.80 bits per heavy atom. The number of amides is 1. The van der Waals surface area contributed by atoms with E-state index >= 15 is 0 Å². The van der Waals surface area contributed by atoms with Crippen LogP contribution >= 0.6 is 0 Å². The molecule has 0 aromatic carbocycles. The Labute approximate surface area is 150 Å². The van der Waals surface area contributed by atoms with Gasteiger partial charge in [0.15, 0.2) is 5.96 Å². The highest BCUT2D eigenvalue weighted by Crippen LogP contribution is 2.17. The molecule has 1 aliphatic carbocycles. The van der Waals surface area contributed by atoms with Crippen molar-refractivity contribution in [3.05, 3.63) is 12.2 Å². The molecule has 0 aliphatic heterocycles. The summed E-state index contributed by atoms with van der Waals surface area (Å²) in [7, 11) is 3.50. The van der Waals surface area contributed by atoms with Gasteiger partial charge < -0.3 is 20.1 Å². The molecule has 0 bridgehead atoms. The number of carbonyl (C=O) groups excluding carboxylic acids is 1. The molecule has 1 aromatic rings. The highest BCUT2D eigenvalue weighted by molar-refractivity contribution is 5.84. The van der Waals surface area contributed by atoms with Gasteiger partial charge in [-0.15, -0.1) is 10.2 Å². The Morgan fingerprint density at radius 1 is 1.36 bits per heavy atom. The quantitative estimate of drug-likeness (QED) is 0.561. The highest BCUT2D eigenvalue weighted by atomic mass is 16.2. The van der Waals surface area contributed by atoms with Crippen molar-refractivity contribution in [2.24, 2.45) is 4.99 Å². The first kappa shape index (κ1) is 19.2. The third kappa shape index (κ3) is 6.36. The number of carbonyl (C=O) groups is 1. The van der Waals surface area contributed by atoms with E-state index < -0.39 is 0 Å². The average molecular weight is 349 g/mol. The van der Waals surface area contributed by atoms with Crippen LogP contribution in [0.2, 0.25) is 0 Å². The molecular formula is C17H31N7O. The zero-order chi connectivity index (χ0) is 18.1. The first-order chi connectivity index (χ1) is 12.1. The van der Waals surface area contributed by atoms with Gasteiger partial charge in [-0.1, -0.05) is 26.2 Å². The zero-order valence-corrected chi connectivity index (χ0v) is 15.7. The van der Waals surface area contributed by atoms with Crippen LogP contribution in [0.4, 0.5) is 0 Å². The Hall–Kier alpha value is -2.12. The molecule has 0 radical (unpaired) electrons. The number of aromatic nitrogens is 3. The lowest BCUT2D eigenvalue weighted by Crippen LogP contribution is -2.45. The second-order valence-corrected chi connectivity index (χ2v) is 6.65. The number of nitrogens with zero attached hydrogens (tertiary/aromatic N) is 5. The Kier molecular flexibility index (Phi) is 7.69. The van der Waals surface area contributed by atoms with Crippen LogP contribution in [0.5, 0.6) is 0 Å². The molecule has 0 spiro atoms. The molecule has 0 unspecified atom stereocenters. The van der Waals surface area contributed by atoms with E-state index in [0.29, 0.717) is 18.5 Å². The third-order valence-corrected chi connectivity index (χ3v) is 4.47. The van der Waals surface area contributed by atoms with Gasteiger partial charge in [0.25, 0.3) is 0 Å². The van der Waals surface area contributed by atoms with Crippen molar-refractivity contribution in [2.75, 3.05) is 27.2 Å². The fourth-order valence-corrected chi connectivity index (χ4v) is 2.92. The van der Waals surface area contributed by atoms with Crippen molar-refractivity contribution < 1.29 is 4.79 Å². The first-order valence-electron chi connectivity index (χ1n) is 9.21. The summed E-state index contributed by atoms with van der Waals surface area (Å²) in [5.74, 6) is 1.69. The first-order valence-corrected chi connectivity index (χ1v) is 9.21. The molecule has 0 saturated heterocycles. The number of hydrogen-bond acceptors (Lipinski definition) is 4. The van der Waals surface area contributed by atoms with Gasteiger partial charge in [-0.05, 0) is 12.8 Å². The van der Waals surface area contributed by atoms with E-state index in [-0.39, 0.29) is 12.5 Å². The van der Waals surface area contributed by atoms with E-state index in [1.165, 1.54) is 19.3 Å². The van der Waals surface area contributed by atoms with Gasteiger partial charge in [0.1, 0.15) is 18.7 Å². The summed E-state index contributed by atoms with van der Waals surface area (Å²) in [6.07, 6.45) is 8.75. The molecule has 1 aromatic heterocycles. The summed E-state index contributed by atoms with van der Waals surface area (Å²) in [5, 5.41) is 14.9. The lowest BCUT2D eigenvalue weighted by molar-refractivity contribution is -0.127. The van der Waals surface area contributed by atoms with E-state index in [9.17, 15) is 4.79 Å². The molecule has 140 valence electrons. The standard InChI is InChI=1S/C17H31N7O/c1-4-15-22-20-13-24(15)11-10-18-17(19-12-16(25)23(2)3)21-14-8-6-5-7-9-14/h13-14H,4-12H2,1-3H3,(H2,18,19,21). The minimum Gasteiger partial charge on any atom is -0.355 e. The molecule has 2 N–H and O–H groups in total. The number of aliphatic imine (C=N–C) groups is 1. The maximum absolute atomic E-state index is 11.8. The molecule has 1 heterocycles. The summed E-state index contributed by atoms with van der Waals surface area (Å²) in [4.78, 5) is 17.9. The maximum atomic E-state index is 11.8. The summed E-state index contributed by atoms with van der Waals surface area (Å²) in [6.45, 7) is 3.70.